The van der Waals surface area contributed by atoms with Crippen LogP contribution in [0.15, 0.2) is 42.5 Å². The SMILES string of the molecule is CCc1ccc(-c2[nH]c3ccc(I)cc3c2CC(=O)O)cc1. The van der Waals surface area contributed by atoms with Crippen molar-refractivity contribution in [2.75, 3.05) is 0 Å². The van der Waals surface area contributed by atoms with Gasteiger partial charge in [-0.05, 0) is 63.9 Å². The number of carboxylic acid groups (broad SMARTS) is 1. The van der Waals surface area contributed by atoms with Crippen LogP contribution in [-0.4, -0.2) is 16.1 Å². The summed E-state index contributed by atoms with van der Waals surface area (Å²) in [6.07, 6.45) is 1.01. The average molecular weight is 405 g/mol. The van der Waals surface area contributed by atoms with Gasteiger partial charge in [0.25, 0.3) is 0 Å². The minimum absolute atomic E-state index is 0.0188. The van der Waals surface area contributed by atoms with Gasteiger partial charge in [-0.25, -0.2) is 0 Å². The molecule has 3 nitrogen and oxygen atoms in total. The molecule has 3 rings (SSSR count). The number of carboxylic acids is 1. The minimum atomic E-state index is -0.814. The van der Waals surface area contributed by atoms with Gasteiger partial charge in [0.2, 0.25) is 0 Å². The van der Waals surface area contributed by atoms with Crippen LogP contribution in [0, 0.1) is 3.57 Å². The summed E-state index contributed by atoms with van der Waals surface area (Å²) in [7, 11) is 0. The number of aromatic nitrogens is 1. The molecule has 0 aliphatic carbocycles. The Bertz CT molecular complexity index is 834. The van der Waals surface area contributed by atoms with Crippen molar-refractivity contribution in [2.24, 2.45) is 0 Å². The number of benzene rings is 2. The molecule has 0 aliphatic rings. The monoisotopic (exact) mass is 405 g/mol. The topological polar surface area (TPSA) is 53.1 Å². The van der Waals surface area contributed by atoms with Crippen LogP contribution in [-0.2, 0) is 17.6 Å². The highest BCUT2D eigenvalue weighted by Crippen LogP contribution is 2.32. The quantitative estimate of drug-likeness (QED) is 0.622. The van der Waals surface area contributed by atoms with Gasteiger partial charge < -0.3 is 10.1 Å². The van der Waals surface area contributed by atoms with Crippen molar-refractivity contribution in [2.45, 2.75) is 19.8 Å². The summed E-state index contributed by atoms with van der Waals surface area (Å²) in [5.41, 5.74) is 5.03. The van der Waals surface area contributed by atoms with Crippen molar-refractivity contribution in [1.29, 1.82) is 0 Å². The summed E-state index contributed by atoms with van der Waals surface area (Å²) in [5.74, 6) is -0.814. The molecule has 22 heavy (non-hydrogen) atoms. The van der Waals surface area contributed by atoms with Crippen molar-refractivity contribution < 1.29 is 9.90 Å². The molecular weight excluding hydrogens is 389 g/mol. The molecule has 0 saturated carbocycles. The van der Waals surface area contributed by atoms with Crippen LogP contribution in [0.4, 0.5) is 0 Å². The summed E-state index contributed by atoms with van der Waals surface area (Å²) in [6, 6.07) is 14.4. The number of halogens is 1. The molecule has 2 N–H and O–H groups in total. The smallest absolute Gasteiger partial charge is 0.307 e. The first kappa shape index (κ1) is 15.1. The second kappa shape index (κ2) is 6.12. The van der Waals surface area contributed by atoms with Crippen molar-refractivity contribution in [1.82, 2.24) is 4.98 Å². The molecule has 0 atom stereocenters. The van der Waals surface area contributed by atoms with Crippen LogP contribution >= 0.6 is 22.6 Å². The summed E-state index contributed by atoms with van der Waals surface area (Å²) < 4.78 is 1.10. The Labute approximate surface area is 142 Å². The number of aromatic amines is 1. The van der Waals surface area contributed by atoms with Gasteiger partial charge in [0.1, 0.15) is 0 Å². The minimum Gasteiger partial charge on any atom is -0.481 e. The van der Waals surface area contributed by atoms with Crippen molar-refractivity contribution in [3.63, 3.8) is 0 Å². The molecule has 112 valence electrons. The first-order valence-corrected chi connectivity index (χ1v) is 8.27. The van der Waals surface area contributed by atoms with E-state index in [1.165, 1.54) is 5.56 Å². The van der Waals surface area contributed by atoms with E-state index >= 15 is 0 Å². The molecule has 0 fully saturated rings. The molecule has 4 heteroatoms. The van der Waals surface area contributed by atoms with Gasteiger partial charge in [-0.3, -0.25) is 4.79 Å². The third-order valence-corrected chi connectivity index (χ3v) is 4.52. The van der Waals surface area contributed by atoms with E-state index in [0.717, 1.165) is 37.7 Å². The fourth-order valence-electron chi connectivity index (χ4n) is 2.71. The van der Waals surface area contributed by atoms with Crippen LogP contribution in [0.5, 0.6) is 0 Å². The zero-order valence-electron chi connectivity index (χ0n) is 12.2. The van der Waals surface area contributed by atoms with Gasteiger partial charge >= 0.3 is 5.97 Å². The molecule has 1 heterocycles. The maximum absolute atomic E-state index is 11.3. The maximum Gasteiger partial charge on any atom is 0.307 e. The molecule has 0 aliphatic heterocycles. The summed E-state index contributed by atoms with van der Waals surface area (Å²) in [4.78, 5) is 14.6. The molecule has 1 aromatic heterocycles. The molecule has 0 spiro atoms. The molecule has 0 unspecified atom stereocenters. The highest BCUT2D eigenvalue weighted by Gasteiger charge is 2.16. The Morgan fingerprint density at radius 1 is 1.18 bits per heavy atom. The fourth-order valence-corrected chi connectivity index (χ4v) is 3.20. The van der Waals surface area contributed by atoms with E-state index in [-0.39, 0.29) is 6.42 Å². The molecular formula is C18H16INO2. The number of fused-ring (bicyclic) bond motifs is 1. The van der Waals surface area contributed by atoms with Gasteiger partial charge in [0, 0.05) is 14.5 Å². The Morgan fingerprint density at radius 3 is 2.55 bits per heavy atom. The van der Waals surface area contributed by atoms with Crippen LogP contribution in [0.3, 0.4) is 0 Å². The standard InChI is InChI=1S/C18H16INO2/c1-2-11-3-5-12(6-4-11)18-15(10-17(21)22)14-9-13(19)7-8-16(14)20-18/h3-9,20H,2,10H2,1H3,(H,21,22). The number of H-pyrrole nitrogens is 1. The lowest BCUT2D eigenvalue weighted by Crippen LogP contribution is -2.01. The van der Waals surface area contributed by atoms with E-state index in [1.54, 1.807) is 0 Å². The lowest BCUT2D eigenvalue weighted by atomic mass is 10.0. The van der Waals surface area contributed by atoms with Crippen molar-refractivity contribution in [3.8, 4) is 11.3 Å². The van der Waals surface area contributed by atoms with Gasteiger partial charge in [0.05, 0.1) is 12.1 Å². The summed E-state index contributed by atoms with van der Waals surface area (Å²) in [5, 5.41) is 10.2. The highest BCUT2D eigenvalue weighted by molar-refractivity contribution is 14.1. The molecule has 0 amide bonds. The lowest BCUT2D eigenvalue weighted by molar-refractivity contribution is -0.136. The molecule has 0 radical (unpaired) electrons. The van der Waals surface area contributed by atoms with E-state index in [0.29, 0.717) is 0 Å². The molecule has 3 aromatic rings. The largest absolute Gasteiger partial charge is 0.481 e. The zero-order valence-corrected chi connectivity index (χ0v) is 14.3. The van der Waals surface area contributed by atoms with Gasteiger partial charge in [-0.15, -0.1) is 0 Å². The second-order valence-corrected chi connectivity index (χ2v) is 6.54. The van der Waals surface area contributed by atoms with Crippen LogP contribution in [0.2, 0.25) is 0 Å². The number of hydrogen-bond acceptors (Lipinski definition) is 1. The van der Waals surface area contributed by atoms with E-state index in [2.05, 4.69) is 58.8 Å². The van der Waals surface area contributed by atoms with Gasteiger partial charge in [0.15, 0.2) is 0 Å². The van der Waals surface area contributed by atoms with Gasteiger partial charge in [-0.1, -0.05) is 31.2 Å². The van der Waals surface area contributed by atoms with Crippen molar-refractivity contribution >= 4 is 39.5 Å². The normalized spacial score (nSPS) is 11.0. The molecule has 2 aromatic carbocycles. The third-order valence-electron chi connectivity index (χ3n) is 3.85. The number of aryl methyl sites for hydroxylation is 1. The number of aliphatic carboxylic acids is 1. The summed E-state index contributed by atoms with van der Waals surface area (Å²) >= 11 is 2.25. The number of nitrogens with one attached hydrogen (secondary N) is 1. The molecule has 0 saturated heterocycles. The zero-order chi connectivity index (χ0) is 15.7. The Hall–Kier alpha value is -1.82. The maximum atomic E-state index is 11.3. The van der Waals surface area contributed by atoms with Crippen molar-refractivity contribution in [3.05, 3.63) is 57.2 Å². The van der Waals surface area contributed by atoms with Crippen LogP contribution < -0.4 is 0 Å². The number of carbonyl (C=O) groups is 1. The Morgan fingerprint density at radius 2 is 1.91 bits per heavy atom. The predicted octanol–water partition coefficient (Wildman–Crippen LogP) is 4.63. The molecule has 0 bridgehead atoms. The highest BCUT2D eigenvalue weighted by atomic mass is 127. The number of hydrogen-bond donors (Lipinski definition) is 2. The Balaban J connectivity index is 2.20. The van der Waals surface area contributed by atoms with E-state index in [9.17, 15) is 9.90 Å². The van der Waals surface area contributed by atoms with E-state index in [4.69, 9.17) is 0 Å². The van der Waals surface area contributed by atoms with Gasteiger partial charge in [-0.2, -0.15) is 0 Å². The second-order valence-electron chi connectivity index (χ2n) is 5.29. The van der Waals surface area contributed by atoms with Crippen LogP contribution in [0.25, 0.3) is 22.2 Å². The third kappa shape index (κ3) is 2.88. The first-order valence-electron chi connectivity index (χ1n) is 7.19. The first-order chi connectivity index (χ1) is 10.6. The Kier molecular flexibility index (Phi) is 4.20. The van der Waals surface area contributed by atoms with E-state index < -0.39 is 5.97 Å². The average Bonchev–Trinajstić information content (AvgIpc) is 2.85. The number of rotatable bonds is 4. The fraction of sp³-hybridized carbons (Fsp3) is 0.167. The lowest BCUT2D eigenvalue weighted by Gasteiger charge is -2.04. The van der Waals surface area contributed by atoms with E-state index in [1.807, 2.05) is 18.2 Å². The van der Waals surface area contributed by atoms with Crippen LogP contribution in [0.1, 0.15) is 18.1 Å². The summed E-state index contributed by atoms with van der Waals surface area (Å²) in [6.45, 7) is 2.12. The predicted molar refractivity (Wildman–Crippen MR) is 97.2 cm³/mol.